The molecule has 5 rings (SSSR count). The van der Waals surface area contributed by atoms with Crippen LogP contribution in [0.2, 0.25) is 0 Å². The maximum Gasteiger partial charge on any atom is 0.416 e. The van der Waals surface area contributed by atoms with Gasteiger partial charge < -0.3 is 15.0 Å². The highest BCUT2D eigenvalue weighted by Crippen LogP contribution is 2.55. The van der Waals surface area contributed by atoms with Crippen molar-refractivity contribution in [2.75, 3.05) is 31.5 Å². The van der Waals surface area contributed by atoms with E-state index in [0.717, 1.165) is 18.6 Å². The topological polar surface area (TPSA) is 92.1 Å². The molecule has 2 amide bonds. The second-order valence-electron chi connectivity index (χ2n) is 10.00. The third-order valence-corrected chi connectivity index (χ3v) is 8.92. The number of aromatic nitrogens is 2. The van der Waals surface area contributed by atoms with Gasteiger partial charge >= 0.3 is 12.2 Å². The number of fused-ring (bicyclic) bond motifs is 1. The Kier molecular flexibility index (Phi) is 7.00. The number of halogens is 3. The van der Waals surface area contributed by atoms with Crippen LogP contribution in [0.3, 0.4) is 0 Å². The predicted octanol–water partition coefficient (Wildman–Crippen LogP) is 4.61. The number of piperazine rings is 1. The molecule has 1 aliphatic carbocycles. The quantitative estimate of drug-likeness (QED) is 0.536. The Morgan fingerprint density at radius 2 is 1.90 bits per heavy atom. The van der Waals surface area contributed by atoms with Crippen molar-refractivity contribution < 1.29 is 27.5 Å². The molecular weight excluding hydrogens is 533 g/mol. The zero-order chi connectivity index (χ0) is 28.0. The lowest BCUT2D eigenvalue weighted by Gasteiger charge is -2.42. The lowest BCUT2D eigenvalue weighted by molar-refractivity contribution is -0.137. The normalized spacial score (nSPS) is 24.7. The fraction of sp³-hybridized carbons (Fsp3) is 0.462. The van der Waals surface area contributed by atoms with E-state index in [0.29, 0.717) is 43.5 Å². The summed E-state index contributed by atoms with van der Waals surface area (Å²) < 4.78 is 47.6. The van der Waals surface area contributed by atoms with E-state index in [-0.39, 0.29) is 28.3 Å². The van der Waals surface area contributed by atoms with Gasteiger partial charge in [0.1, 0.15) is 5.75 Å². The molecule has 1 saturated heterocycles. The number of thioether (sulfide) groups is 1. The Morgan fingerprint density at radius 3 is 2.49 bits per heavy atom. The van der Waals surface area contributed by atoms with Crippen LogP contribution in [0.1, 0.15) is 38.3 Å². The molecule has 39 heavy (non-hydrogen) atoms. The van der Waals surface area contributed by atoms with Gasteiger partial charge in [-0.15, -0.1) is 5.10 Å². The largest absolute Gasteiger partial charge is 0.434 e. The molecule has 208 valence electrons. The summed E-state index contributed by atoms with van der Waals surface area (Å²) in [6.07, 6.45) is 1.89. The van der Waals surface area contributed by atoms with Gasteiger partial charge in [0.25, 0.3) is 5.23 Å². The number of amides is 2. The Balaban J connectivity index is 1.26. The smallest absolute Gasteiger partial charge is 0.416 e. The molecule has 3 aliphatic rings. The van der Waals surface area contributed by atoms with E-state index in [4.69, 9.17) is 4.74 Å². The SMILES string of the molecule is CCC12C=CC1(C)N=C(Oc1cc(C(F)(F)F)ccc1CN1CCN(C(=O)n3ccc(NC(C)=O)n3)CC1)S2. The standard InChI is InChI=1S/C26H29F3N6O3S/c1-4-25-9-8-24(25,3)31-22(39-25)38-20-15-19(26(27,28)29)6-5-18(20)16-33-11-13-34(14-12-33)23(37)35-10-7-21(32-35)30-17(2)36/h5-10,15H,4,11-14,16H2,1-3H3,(H,30,32,36). The lowest BCUT2D eigenvalue weighted by Crippen LogP contribution is -2.49. The molecule has 0 radical (unpaired) electrons. The molecule has 2 atom stereocenters. The van der Waals surface area contributed by atoms with E-state index in [9.17, 15) is 22.8 Å². The molecule has 2 aliphatic heterocycles. The number of nitrogens with one attached hydrogen (secondary N) is 1. The fourth-order valence-corrected chi connectivity index (χ4v) is 6.23. The van der Waals surface area contributed by atoms with Crippen molar-refractivity contribution in [1.29, 1.82) is 0 Å². The van der Waals surface area contributed by atoms with Gasteiger partial charge in [-0.25, -0.2) is 9.79 Å². The number of rotatable bonds is 5. The van der Waals surface area contributed by atoms with Crippen LogP contribution >= 0.6 is 11.8 Å². The minimum Gasteiger partial charge on any atom is -0.434 e. The summed E-state index contributed by atoms with van der Waals surface area (Å²) >= 11 is 1.45. The molecule has 2 aromatic rings. The van der Waals surface area contributed by atoms with Crippen molar-refractivity contribution in [3.63, 3.8) is 0 Å². The minimum absolute atomic E-state index is 0.132. The number of alkyl halides is 3. The molecule has 1 N–H and O–H groups in total. The number of nitrogens with zero attached hydrogens (tertiary/aromatic N) is 5. The molecule has 0 bridgehead atoms. The summed E-state index contributed by atoms with van der Waals surface area (Å²) in [6, 6.07) is 4.78. The number of ether oxygens (including phenoxy) is 1. The van der Waals surface area contributed by atoms with Crippen molar-refractivity contribution in [2.24, 2.45) is 4.99 Å². The molecule has 3 heterocycles. The summed E-state index contributed by atoms with van der Waals surface area (Å²) in [7, 11) is 0. The van der Waals surface area contributed by atoms with Gasteiger partial charge in [0.2, 0.25) is 5.91 Å². The summed E-state index contributed by atoms with van der Waals surface area (Å²) in [5.74, 6) is 0.138. The summed E-state index contributed by atoms with van der Waals surface area (Å²) in [5.41, 5.74) is -0.596. The van der Waals surface area contributed by atoms with Gasteiger partial charge in [0.15, 0.2) is 5.82 Å². The molecule has 1 fully saturated rings. The number of anilines is 1. The van der Waals surface area contributed by atoms with Crippen LogP contribution in [0.15, 0.2) is 47.6 Å². The van der Waals surface area contributed by atoms with E-state index >= 15 is 0 Å². The summed E-state index contributed by atoms with van der Waals surface area (Å²) in [4.78, 5) is 32.4. The molecule has 9 nitrogen and oxygen atoms in total. The van der Waals surface area contributed by atoms with Crippen LogP contribution < -0.4 is 10.1 Å². The summed E-state index contributed by atoms with van der Waals surface area (Å²) in [5, 5.41) is 6.98. The van der Waals surface area contributed by atoms with E-state index in [1.165, 1.54) is 35.6 Å². The van der Waals surface area contributed by atoms with Crippen LogP contribution in [-0.4, -0.2) is 73.2 Å². The number of hydrogen-bond acceptors (Lipinski definition) is 7. The highest BCUT2D eigenvalue weighted by atomic mass is 32.2. The Hall–Kier alpha value is -3.32. The number of carbonyl (C=O) groups excluding carboxylic acids is 2. The molecular formula is C26H29F3N6O3S. The van der Waals surface area contributed by atoms with Crippen LogP contribution in [0.4, 0.5) is 23.8 Å². The third-order valence-electron chi connectivity index (χ3n) is 7.37. The number of aliphatic imine (C=N–C) groups is 1. The van der Waals surface area contributed by atoms with Gasteiger partial charge in [0.05, 0.1) is 15.8 Å². The van der Waals surface area contributed by atoms with Gasteiger partial charge in [-0.1, -0.05) is 36.9 Å². The van der Waals surface area contributed by atoms with E-state index in [2.05, 4.69) is 33.3 Å². The average molecular weight is 563 g/mol. The maximum absolute atomic E-state index is 13.5. The third kappa shape index (κ3) is 5.29. The molecule has 1 aromatic heterocycles. The highest BCUT2D eigenvalue weighted by molar-refractivity contribution is 8.15. The van der Waals surface area contributed by atoms with Crippen LogP contribution in [0.5, 0.6) is 5.75 Å². The first-order valence-corrected chi connectivity index (χ1v) is 13.5. The average Bonchev–Trinajstić information content (AvgIpc) is 3.41. The first-order chi connectivity index (χ1) is 18.4. The zero-order valence-electron chi connectivity index (χ0n) is 21.8. The second-order valence-corrected chi connectivity index (χ2v) is 11.3. The Bertz CT molecular complexity index is 1350. The summed E-state index contributed by atoms with van der Waals surface area (Å²) in [6.45, 7) is 7.63. The van der Waals surface area contributed by atoms with Crippen molar-refractivity contribution >= 4 is 34.7 Å². The van der Waals surface area contributed by atoms with Gasteiger partial charge in [-0.05, 0) is 25.5 Å². The number of hydrogen-bond donors (Lipinski definition) is 1. The second kappa shape index (κ2) is 10.0. The van der Waals surface area contributed by atoms with E-state index in [1.807, 2.05) is 13.0 Å². The maximum atomic E-state index is 13.5. The van der Waals surface area contributed by atoms with Crippen molar-refractivity contribution in [2.45, 2.75) is 50.2 Å². The predicted molar refractivity (Wildman–Crippen MR) is 142 cm³/mol. The zero-order valence-corrected chi connectivity index (χ0v) is 22.6. The van der Waals surface area contributed by atoms with E-state index < -0.39 is 17.3 Å². The van der Waals surface area contributed by atoms with Crippen molar-refractivity contribution in [3.8, 4) is 5.75 Å². The Morgan fingerprint density at radius 1 is 1.15 bits per heavy atom. The monoisotopic (exact) mass is 562 g/mol. The minimum atomic E-state index is -4.50. The first-order valence-electron chi connectivity index (χ1n) is 12.6. The van der Waals surface area contributed by atoms with Crippen LogP contribution in [0.25, 0.3) is 0 Å². The molecule has 13 heteroatoms. The molecule has 2 unspecified atom stereocenters. The van der Waals surface area contributed by atoms with Gasteiger partial charge in [0, 0.05) is 57.5 Å². The molecule has 0 spiro atoms. The van der Waals surface area contributed by atoms with Crippen LogP contribution in [-0.2, 0) is 17.5 Å². The molecule has 1 aromatic carbocycles. The van der Waals surface area contributed by atoms with Crippen molar-refractivity contribution in [3.05, 3.63) is 53.7 Å². The van der Waals surface area contributed by atoms with E-state index in [1.54, 1.807) is 11.0 Å². The Labute approximate surface area is 228 Å². The first kappa shape index (κ1) is 27.3. The number of carbonyl (C=O) groups is 2. The van der Waals surface area contributed by atoms with Crippen molar-refractivity contribution in [1.82, 2.24) is 19.6 Å². The highest BCUT2D eigenvalue weighted by Gasteiger charge is 2.56. The van der Waals surface area contributed by atoms with Crippen LogP contribution in [0, 0.1) is 0 Å². The van der Waals surface area contributed by atoms with Gasteiger partial charge in [-0.2, -0.15) is 17.9 Å². The molecule has 0 saturated carbocycles. The number of benzene rings is 1. The van der Waals surface area contributed by atoms with Gasteiger partial charge in [-0.3, -0.25) is 9.69 Å². The lowest BCUT2D eigenvalue weighted by atomic mass is 9.74. The fourth-order valence-electron chi connectivity index (χ4n) is 4.95.